The van der Waals surface area contributed by atoms with E-state index in [1.807, 2.05) is 12.2 Å². The maximum absolute atomic E-state index is 12.5. The Morgan fingerprint density at radius 2 is 1.65 bits per heavy atom. The largest absolute Gasteiger partial charge is 0.481 e. The lowest BCUT2D eigenvalue weighted by molar-refractivity contribution is -0.151. The van der Waals surface area contributed by atoms with Crippen LogP contribution < -0.4 is 0 Å². The van der Waals surface area contributed by atoms with Crippen molar-refractivity contribution < 1.29 is 19.8 Å². The zero-order chi connectivity index (χ0) is 14.5. The number of carboxylic acid groups (broad SMARTS) is 1. The van der Waals surface area contributed by atoms with Gasteiger partial charge in [-0.3, -0.25) is 14.5 Å². The number of carbonyl (C=O) groups excluding carboxylic acids is 1. The van der Waals surface area contributed by atoms with Gasteiger partial charge >= 0.3 is 5.97 Å². The van der Waals surface area contributed by atoms with Crippen molar-refractivity contribution in [3.05, 3.63) is 12.2 Å². The van der Waals surface area contributed by atoms with Crippen LogP contribution in [0.1, 0.15) is 12.8 Å². The topological polar surface area (TPSA) is 81.1 Å². The van der Waals surface area contributed by atoms with E-state index in [9.17, 15) is 14.7 Å². The Hall–Kier alpha value is -1.40. The third-order valence-electron chi connectivity index (χ3n) is 4.17. The number of hydrogen-bond acceptors (Lipinski definition) is 4. The molecule has 2 unspecified atom stereocenters. The van der Waals surface area contributed by atoms with E-state index < -0.39 is 17.8 Å². The molecule has 6 nitrogen and oxygen atoms in total. The number of carbonyl (C=O) groups is 2. The normalized spacial score (nSPS) is 27.6. The highest BCUT2D eigenvalue weighted by molar-refractivity contribution is 5.85. The number of carboxylic acids is 1. The van der Waals surface area contributed by atoms with Crippen molar-refractivity contribution in [1.29, 1.82) is 0 Å². The highest BCUT2D eigenvalue weighted by Crippen LogP contribution is 2.28. The first kappa shape index (κ1) is 15.0. The van der Waals surface area contributed by atoms with Crippen LogP contribution in [0.2, 0.25) is 0 Å². The summed E-state index contributed by atoms with van der Waals surface area (Å²) in [7, 11) is 0. The molecule has 1 fully saturated rings. The number of aliphatic hydroxyl groups is 1. The molecule has 112 valence electrons. The predicted molar refractivity (Wildman–Crippen MR) is 73.1 cm³/mol. The van der Waals surface area contributed by atoms with Gasteiger partial charge < -0.3 is 15.1 Å². The lowest BCUT2D eigenvalue weighted by Gasteiger charge is -2.37. The first-order valence-electron chi connectivity index (χ1n) is 7.13. The van der Waals surface area contributed by atoms with Crippen molar-refractivity contribution in [2.24, 2.45) is 11.8 Å². The Morgan fingerprint density at radius 1 is 1.05 bits per heavy atom. The molecule has 20 heavy (non-hydrogen) atoms. The smallest absolute Gasteiger partial charge is 0.307 e. The molecule has 0 spiro atoms. The van der Waals surface area contributed by atoms with Crippen molar-refractivity contribution in [3.8, 4) is 0 Å². The number of aliphatic hydroxyl groups excluding tert-OH is 1. The molecule has 2 N–H and O–H groups in total. The van der Waals surface area contributed by atoms with Crippen molar-refractivity contribution in [2.75, 3.05) is 39.3 Å². The molecule has 0 aromatic rings. The van der Waals surface area contributed by atoms with E-state index in [2.05, 4.69) is 4.90 Å². The molecular weight excluding hydrogens is 260 g/mol. The number of allylic oxidation sites excluding steroid dienone is 2. The maximum atomic E-state index is 12.5. The lowest BCUT2D eigenvalue weighted by Crippen LogP contribution is -2.52. The van der Waals surface area contributed by atoms with Gasteiger partial charge in [0.2, 0.25) is 5.91 Å². The van der Waals surface area contributed by atoms with Gasteiger partial charge in [-0.2, -0.15) is 0 Å². The second kappa shape index (κ2) is 6.85. The number of hydrogen-bond donors (Lipinski definition) is 2. The summed E-state index contributed by atoms with van der Waals surface area (Å²) >= 11 is 0. The zero-order valence-electron chi connectivity index (χ0n) is 11.6. The number of rotatable bonds is 4. The molecule has 2 aliphatic rings. The summed E-state index contributed by atoms with van der Waals surface area (Å²) in [5, 5.41) is 18.1. The van der Waals surface area contributed by atoms with Gasteiger partial charge in [0.25, 0.3) is 0 Å². The molecule has 1 heterocycles. The van der Waals surface area contributed by atoms with Crippen LogP contribution in [0, 0.1) is 11.8 Å². The number of nitrogens with zero attached hydrogens (tertiary/aromatic N) is 2. The summed E-state index contributed by atoms with van der Waals surface area (Å²) in [4.78, 5) is 27.6. The van der Waals surface area contributed by atoms with Gasteiger partial charge in [-0.1, -0.05) is 12.2 Å². The van der Waals surface area contributed by atoms with Gasteiger partial charge in [-0.25, -0.2) is 0 Å². The molecule has 1 aliphatic heterocycles. The minimum absolute atomic E-state index is 0.0367. The number of piperazine rings is 1. The van der Waals surface area contributed by atoms with E-state index in [1.165, 1.54) is 0 Å². The van der Waals surface area contributed by atoms with Crippen LogP contribution in [0.15, 0.2) is 12.2 Å². The Morgan fingerprint density at radius 3 is 2.20 bits per heavy atom. The molecule has 1 aliphatic carbocycles. The fourth-order valence-corrected chi connectivity index (χ4v) is 2.93. The molecule has 0 radical (unpaired) electrons. The summed E-state index contributed by atoms with van der Waals surface area (Å²) in [6.07, 6.45) is 4.72. The monoisotopic (exact) mass is 282 g/mol. The SMILES string of the molecule is O=C(O)C1CC=CCC1C(=O)N1CCN(CCO)CC1. The summed E-state index contributed by atoms with van der Waals surface area (Å²) in [5.41, 5.74) is 0. The van der Waals surface area contributed by atoms with E-state index in [1.54, 1.807) is 4.90 Å². The molecule has 2 rings (SSSR count). The van der Waals surface area contributed by atoms with Crippen LogP contribution in [0.4, 0.5) is 0 Å². The van der Waals surface area contributed by atoms with E-state index in [0.717, 1.165) is 13.1 Å². The summed E-state index contributed by atoms with van der Waals surface area (Å²) < 4.78 is 0. The maximum Gasteiger partial charge on any atom is 0.307 e. The molecular formula is C14H22N2O4. The third kappa shape index (κ3) is 3.37. The van der Waals surface area contributed by atoms with E-state index in [0.29, 0.717) is 32.5 Å². The Kier molecular flexibility index (Phi) is 5.14. The van der Waals surface area contributed by atoms with E-state index in [-0.39, 0.29) is 12.5 Å². The zero-order valence-corrected chi connectivity index (χ0v) is 11.6. The molecule has 0 saturated carbocycles. The Balaban J connectivity index is 1.94. The first-order valence-corrected chi connectivity index (χ1v) is 7.13. The number of aliphatic carboxylic acids is 1. The molecule has 1 amide bonds. The van der Waals surface area contributed by atoms with Crippen LogP contribution >= 0.6 is 0 Å². The minimum atomic E-state index is -0.883. The summed E-state index contributed by atoms with van der Waals surface area (Å²) in [5.74, 6) is -1.94. The standard InChI is InChI=1S/C14H22N2O4/c17-10-9-15-5-7-16(8-6-15)13(18)11-3-1-2-4-12(11)14(19)20/h1-2,11-12,17H,3-10H2,(H,19,20). The predicted octanol–water partition coefficient (Wildman–Crippen LogP) is -0.210. The van der Waals surface area contributed by atoms with E-state index in [4.69, 9.17) is 5.11 Å². The van der Waals surface area contributed by atoms with E-state index >= 15 is 0 Å². The second-order valence-electron chi connectivity index (χ2n) is 5.38. The molecule has 1 saturated heterocycles. The van der Waals surface area contributed by atoms with Gasteiger partial charge in [0, 0.05) is 32.7 Å². The first-order chi connectivity index (χ1) is 9.63. The molecule has 0 aromatic carbocycles. The molecule has 0 aromatic heterocycles. The minimum Gasteiger partial charge on any atom is -0.481 e. The fraction of sp³-hybridized carbons (Fsp3) is 0.714. The number of amides is 1. The third-order valence-corrected chi connectivity index (χ3v) is 4.17. The van der Waals surface area contributed by atoms with Crippen LogP contribution in [-0.4, -0.2) is 71.2 Å². The van der Waals surface area contributed by atoms with Crippen LogP contribution in [0.5, 0.6) is 0 Å². The van der Waals surface area contributed by atoms with Crippen molar-refractivity contribution in [1.82, 2.24) is 9.80 Å². The van der Waals surface area contributed by atoms with Gasteiger partial charge in [0.05, 0.1) is 18.4 Å². The second-order valence-corrected chi connectivity index (χ2v) is 5.38. The van der Waals surface area contributed by atoms with Crippen molar-refractivity contribution in [2.45, 2.75) is 12.8 Å². The van der Waals surface area contributed by atoms with Crippen LogP contribution in [0.25, 0.3) is 0 Å². The summed E-state index contributed by atoms with van der Waals surface area (Å²) in [6, 6.07) is 0. The average molecular weight is 282 g/mol. The van der Waals surface area contributed by atoms with Crippen molar-refractivity contribution >= 4 is 11.9 Å². The summed E-state index contributed by atoms with van der Waals surface area (Å²) in [6.45, 7) is 3.48. The van der Waals surface area contributed by atoms with Gasteiger partial charge in [0.15, 0.2) is 0 Å². The molecule has 6 heteroatoms. The van der Waals surface area contributed by atoms with Crippen LogP contribution in [0.3, 0.4) is 0 Å². The Labute approximate surface area is 118 Å². The fourth-order valence-electron chi connectivity index (χ4n) is 2.93. The molecule has 0 bridgehead atoms. The van der Waals surface area contributed by atoms with Gasteiger partial charge in [0.1, 0.15) is 0 Å². The lowest BCUT2D eigenvalue weighted by atomic mass is 9.82. The Bertz CT molecular complexity index is 389. The van der Waals surface area contributed by atoms with Gasteiger partial charge in [-0.15, -0.1) is 0 Å². The molecule has 2 atom stereocenters. The number of β-amino-alcohol motifs (C(OH)–C–C–N with tert-alkyl or cyclic N) is 1. The highest BCUT2D eigenvalue weighted by atomic mass is 16.4. The quantitative estimate of drug-likeness (QED) is 0.697. The van der Waals surface area contributed by atoms with Crippen molar-refractivity contribution in [3.63, 3.8) is 0 Å². The average Bonchev–Trinajstić information content (AvgIpc) is 2.47. The highest BCUT2D eigenvalue weighted by Gasteiger charge is 2.37. The van der Waals surface area contributed by atoms with Crippen LogP contribution in [-0.2, 0) is 9.59 Å². The van der Waals surface area contributed by atoms with Gasteiger partial charge in [-0.05, 0) is 12.8 Å².